The van der Waals surface area contributed by atoms with E-state index in [4.69, 9.17) is 9.49 Å². The molecule has 0 saturated heterocycles. The summed E-state index contributed by atoms with van der Waals surface area (Å²) in [5.41, 5.74) is 3.17. The Labute approximate surface area is 117 Å². The van der Waals surface area contributed by atoms with Crippen molar-refractivity contribution in [2.24, 2.45) is 5.16 Å². The van der Waals surface area contributed by atoms with Gasteiger partial charge in [-0.15, -0.1) is 5.16 Å². The molecule has 0 aromatic heterocycles. The predicted molar refractivity (Wildman–Crippen MR) is 78.4 cm³/mol. The van der Waals surface area contributed by atoms with Crippen LogP contribution in [0.5, 0.6) is 5.75 Å². The Morgan fingerprint density at radius 1 is 1.20 bits per heavy atom. The Morgan fingerprint density at radius 2 is 2.00 bits per heavy atom. The highest BCUT2D eigenvalue weighted by atomic mass is 16.6. The molecule has 0 amide bonds. The number of benzene rings is 2. The number of rotatable bonds is 3. The lowest BCUT2D eigenvalue weighted by atomic mass is 9.74. The quantitative estimate of drug-likeness (QED) is 0.858. The molecule has 0 aliphatic carbocycles. The Balaban J connectivity index is 2.09. The van der Waals surface area contributed by atoms with Crippen LogP contribution >= 0.6 is 0 Å². The maximum Gasteiger partial charge on any atom is 0.583 e. The van der Waals surface area contributed by atoms with Gasteiger partial charge >= 0.3 is 7.12 Å². The van der Waals surface area contributed by atoms with Crippen molar-refractivity contribution in [3.05, 3.63) is 59.7 Å². The maximum atomic E-state index is 9.88. The molecule has 1 aliphatic rings. The van der Waals surface area contributed by atoms with Crippen molar-refractivity contribution in [2.45, 2.75) is 6.92 Å². The molecule has 0 radical (unpaired) electrons. The van der Waals surface area contributed by atoms with Crippen molar-refractivity contribution >= 4 is 18.3 Å². The fourth-order valence-electron chi connectivity index (χ4n) is 2.23. The second-order valence-corrected chi connectivity index (χ2v) is 4.45. The van der Waals surface area contributed by atoms with E-state index in [-0.39, 0.29) is 0 Å². The smallest absolute Gasteiger partial charge is 0.494 e. The van der Waals surface area contributed by atoms with Gasteiger partial charge in [0.15, 0.2) is 0 Å². The highest BCUT2D eigenvalue weighted by molar-refractivity contribution is 6.63. The molecule has 4 nitrogen and oxygen atoms in total. The van der Waals surface area contributed by atoms with Crippen molar-refractivity contribution in [2.75, 3.05) is 6.61 Å². The van der Waals surface area contributed by atoms with Gasteiger partial charge in [0, 0.05) is 16.6 Å². The third kappa shape index (κ3) is 2.28. The van der Waals surface area contributed by atoms with Crippen molar-refractivity contribution in [1.29, 1.82) is 0 Å². The zero-order chi connectivity index (χ0) is 13.9. The summed E-state index contributed by atoms with van der Waals surface area (Å²) in [5.74, 6) is 0.754. The molecule has 0 fully saturated rings. The first-order valence-electron chi connectivity index (χ1n) is 6.54. The van der Waals surface area contributed by atoms with Crippen molar-refractivity contribution in [3.8, 4) is 5.75 Å². The molecule has 1 N–H and O–H groups in total. The van der Waals surface area contributed by atoms with Crippen molar-refractivity contribution < 1.29 is 14.5 Å². The third-order valence-electron chi connectivity index (χ3n) is 3.15. The zero-order valence-electron chi connectivity index (χ0n) is 11.1. The minimum absolute atomic E-state index is 0.593. The summed E-state index contributed by atoms with van der Waals surface area (Å²) in [7, 11) is -1.03. The van der Waals surface area contributed by atoms with E-state index < -0.39 is 7.12 Å². The molecule has 100 valence electrons. The van der Waals surface area contributed by atoms with E-state index in [9.17, 15) is 5.02 Å². The molecule has 20 heavy (non-hydrogen) atoms. The van der Waals surface area contributed by atoms with E-state index >= 15 is 0 Å². The van der Waals surface area contributed by atoms with E-state index in [2.05, 4.69) is 5.16 Å². The first-order valence-corrected chi connectivity index (χ1v) is 6.54. The summed E-state index contributed by atoms with van der Waals surface area (Å²) in [6, 6.07) is 15.2. The summed E-state index contributed by atoms with van der Waals surface area (Å²) in [6.07, 6.45) is 0. The van der Waals surface area contributed by atoms with Crippen LogP contribution in [0.3, 0.4) is 0 Å². The fourth-order valence-corrected chi connectivity index (χ4v) is 2.23. The second kappa shape index (κ2) is 5.39. The van der Waals surface area contributed by atoms with Crippen LogP contribution in [0.2, 0.25) is 0 Å². The fraction of sp³-hybridized carbons (Fsp3) is 0.133. The van der Waals surface area contributed by atoms with Crippen molar-refractivity contribution in [1.82, 2.24) is 0 Å². The minimum atomic E-state index is -1.03. The van der Waals surface area contributed by atoms with Crippen molar-refractivity contribution in [3.63, 3.8) is 0 Å². The number of hydrogen-bond acceptors (Lipinski definition) is 4. The van der Waals surface area contributed by atoms with Gasteiger partial charge in [0.2, 0.25) is 0 Å². The molecule has 2 aromatic rings. The Morgan fingerprint density at radius 3 is 2.75 bits per heavy atom. The van der Waals surface area contributed by atoms with Gasteiger partial charge in [0.25, 0.3) is 0 Å². The van der Waals surface area contributed by atoms with Crippen LogP contribution in [-0.2, 0) is 4.76 Å². The average Bonchev–Trinajstić information content (AvgIpc) is 2.49. The Hall–Kier alpha value is -2.27. The monoisotopic (exact) mass is 267 g/mol. The van der Waals surface area contributed by atoms with Crippen LogP contribution in [0.25, 0.3) is 0 Å². The van der Waals surface area contributed by atoms with E-state index in [1.807, 2.05) is 55.5 Å². The number of ether oxygens (including phenoxy) is 1. The van der Waals surface area contributed by atoms with Gasteiger partial charge in [0.1, 0.15) is 11.5 Å². The van der Waals surface area contributed by atoms with E-state index in [0.29, 0.717) is 17.8 Å². The molecular weight excluding hydrogens is 253 g/mol. The van der Waals surface area contributed by atoms with Crippen LogP contribution in [0.4, 0.5) is 0 Å². The largest absolute Gasteiger partial charge is 0.583 e. The molecule has 0 unspecified atom stereocenters. The van der Waals surface area contributed by atoms with Gasteiger partial charge in [-0.25, -0.2) is 0 Å². The average molecular weight is 267 g/mol. The SMILES string of the molecule is CCOc1ccc2c(c1)C(c1ccccc1)=NOB2O. The summed E-state index contributed by atoms with van der Waals surface area (Å²) >= 11 is 0. The van der Waals surface area contributed by atoms with Crippen LogP contribution in [0.1, 0.15) is 18.1 Å². The molecule has 1 aliphatic heterocycles. The Bertz CT molecular complexity index is 643. The number of nitrogens with zero attached hydrogens (tertiary/aromatic N) is 1. The van der Waals surface area contributed by atoms with Crippen LogP contribution < -0.4 is 10.2 Å². The van der Waals surface area contributed by atoms with Crippen LogP contribution in [0, 0.1) is 0 Å². The first-order chi connectivity index (χ1) is 9.79. The number of hydrogen-bond donors (Lipinski definition) is 1. The van der Waals surface area contributed by atoms with Gasteiger partial charge in [0.05, 0.1) is 6.61 Å². The molecule has 3 rings (SSSR count). The second-order valence-electron chi connectivity index (χ2n) is 4.45. The highest BCUT2D eigenvalue weighted by Gasteiger charge is 2.30. The van der Waals surface area contributed by atoms with E-state index in [0.717, 1.165) is 16.9 Å². The topological polar surface area (TPSA) is 51.0 Å². The summed E-state index contributed by atoms with van der Waals surface area (Å²) in [4.78, 5) is 0. The molecule has 0 saturated carbocycles. The summed E-state index contributed by atoms with van der Waals surface area (Å²) < 4.78 is 10.6. The highest BCUT2D eigenvalue weighted by Crippen LogP contribution is 2.19. The third-order valence-corrected chi connectivity index (χ3v) is 3.15. The number of fused-ring (bicyclic) bond motifs is 1. The van der Waals surface area contributed by atoms with Crippen LogP contribution in [-0.4, -0.2) is 24.5 Å². The molecule has 0 atom stereocenters. The van der Waals surface area contributed by atoms with Gasteiger partial charge in [-0.05, 0) is 19.1 Å². The molecule has 5 heteroatoms. The van der Waals surface area contributed by atoms with Crippen LogP contribution in [0.15, 0.2) is 53.7 Å². The number of oxime groups is 1. The minimum Gasteiger partial charge on any atom is -0.494 e. The maximum absolute atomic E-state index is 9.88. The van der Waals surface area contributed by atoms with Gasteiger partial charge < -0.3 is 14.5 Å². The standard InChI is InChI=1S/C15H14BNO3/c1-2-19-12-8-9-14-13(10-12)15(17-20-16(14)18)11-6-4-3-5-7-11/h3-10,18H,2H2,1H3. The van der Waals surface area contributed by atoms with Gasteiger partial charge in [-0.3, -0.25) is 0 Å². The zero-order valence-corrected chi connectivity index (χ0v) is 11.1. The predicted octanol–water partition coefficient (Wildman–Crippen LogP) is 1.56. The normalized spacial score (nSPS) is 13.3. The van der Waals surface area contributed by atoms with E-state index in [1.54, 1.807) is 0 Å². The lowest BCUT2D eigenvalue weighted by molar-refractivity contribution is 0.284. The van der Waals surface area contributed by atoms with Gasteiger partial charge in [-0.2, -0.15) is 0 Å². The molecule has 1 heterocycles. The van der Waals surface area contributed by atoms with E-state index in [1.165, 1.54) is 0 Å². The molecule has 0 bridgehead atoms. The molecule has 2 aromatic carbocycles. The van der Waals surface area contributed by atoms with Gasteiger partial charge in [-0.1, -0.05) is 36.4 Å². The lowest BCUT2D eigenvalue weighted by Crippen LogP contribution is -2.40. The summed E-state index contributed by atoms with van der Waals surface area (Å²) in [5, 5.41) is 13.9. The molecular formula is C15H14BNO3. The Kier molecular flexibility index (Phi) is 3.43. The summed E-state index contributed by atoms with van der Waals surface area (Å²) in [6.45, 7) is 2.53. The molecule has 0 spiro atoms. The lowest BCUT2D eigenvalue weighted by Gasteiger charge is -2.19. The first kappa shape index (κ1) is 12.8.